The minimum absolute atomic E-state index is 0.916. The van der Waals surface area contributed by atoms with E-state index < -0.39 is 10.4 Å². The van der Waals surface area contributed by atoms with E-state index in [9.17, 15) is 0 Å². The molecule has 0 aliphatic rings. The van der Waals surface area contributed by atoms with Crippen molar-refractivity contribution in [2.24, 2.45) is 0 Å². The molecule has 0 atom stereocenters. The molecule has 0 heterocycles. The topological polar surface area (TPSA) is 127 Å². The number of hydrogen-bond donors (Lipinski definition) is 4. The van der Waals surface area contributed by atoms with Crippen molar-refractivity contribution in [3.63, 3.8) is 0 Å². The maximum atomic E-state index is 8.74. The third-order valence-electron chi connectivity index (χ3n) is 4.04. The van der Waals surface area contributed by atoms with Crippen LogP contribution in [0.25, 0.3) is 11.1 Å². The van der Waals surface area contributed by atoms with Crippen LogP contribution in [0.15, 0.2) is 24.3 Å². The molecule has 0 amide bonds. The molecule has 0 aromatic heterocycles. The first-order chi connectivity index (χ1) is 11.5. The lowest BCUT2D eigenvalue weighted by Crippen LogP contribution is -1.99. The van der Waals surface area contributed by atoms with Gasteiger partial charge in [-0.15, -0.1) is 0 Å². The zero-order valence-electron chi connectivity index (χ0n) is 15.0. The molecule has 0 fully saturated rings. The number of nitrogen functional groups attached to an aromatic ring is 2. The van der Waals surface area contributed by atoms with Gasteiger partial charge >= 0.3 is 10.4 Å². The zero-order valence-corrected chi connectivity index (χ0v) is 15.8. The van der Waals surface area contributed by atoms with Crippen LogP contribution >= 0.6 is 0 Å². The summed E-state index contributed by atoms with van der Waals surface area (Å²) in [7, 11) is -4.67. The Kier molecular flexibility index (Phi) is 6.98. The fraction of sp³-hybridized carbons (Fsp3) is 0.333. The van der Waals surface area contributed by atoms with Crippen molar-refractivity contribution < 1.29 is 17.5 Å². The van der Waals surface area contributed by atoms with E-state index in [1.54, 1.807) is 0 Å². The van der Waals surface area contributed by atoms with Gasteiger partial charge in [-0.2, -0.15) is 8.42 Å². The molecule has 2 rings (SSSR count). The van der Waals surface area contributed by atoms with Crippen molar-refractivity contribution in [1.82, 2.24) is 0 Å². The highest BCUT2D eigenvalue weighted by atomic mass is 32.3. The molecule has 0 aliphatic carbocycles. The number of benzene rings is 2. The van der Waals surface area contributed by atoms with Gasteiger partial charge in [0.25, 0.3) is 0 Å². The first kappa shape index (κ1) is 21.0. The lowest BCUT2D eigenvalue weighted by molar-refractivity contribution is 0.381. The van der Waals surface area contributed by atoms with Gasteiger partial charge in [-0.05, 0) is 84.3 Å². The van der Waals surface area contributed by atoms with Crippen molar-refractivity contribution >= 4 is 21.8 Å². The number of nitrogens with two attached hydrogens (primary N) is 2. The molecule has 25 heavy (non-hydrogen) atoms. The quantitative estimate of drug-likeness (QED) is 0.485. The summed E-state index contributed by atoms with van der Waals surface area (Å²) >= 11 is 0. The van der Waals surface area contributed by atoms with Crippen molar-refractivity contribution in [3.8, 4) is 11.1 Å². The summed E-state index contributed by atoms with van der Waals surface area (Å²) in [4.78, 5) is 0. The molecular weight excluding hydrogens is 340 g/mol. The number of hydrogen-bond acceptors (Lipinski definition) is 4. The first-order valence-electron chi connectivity index (χ1n) is 7.96. The molecule has 138 valence electrons. The maximum absolute atomic E-state index is 8.74. The summed E-state index contributed by atoms with van der Waals surface area (Å²) in [5.41, 5.74) is 21.3. The van der Waals surface area contributed by atoms with E-state index >= 15 is 0 Å². The Morgan fingerprint density at radius 3 is 1.32 bits per heavy atom. The van der Waals surface area contributed by atoms with Gasteiger partial charge in [0, 0.05) is 11.4 Å². The van der Waals surface area contributed by atoms with Gasteiger partial charge < -0.3 is 11.5 Å². The Morgan fingerprint density at radius 2 is 1.08 bits per heavy atom. The third kappa shape index (κ3) is 6.04. The predicted octanol–water partition coefficient (Wildman–Crippen LogP) is 3.61. The highest BCUT2D eigenvalue weighted by Crippen LogP contribution is 2.31. The fourth-order valence-electron chi connectivity index (χ4n) is 2.66. The van der Waals surface area contributed by atoms with Gasteiger partial charge in [0.15, 0.2) is 0 Å². The van der Waals surface area contributed by atoms with Crippen LogP contribution < -0.4 is 11.5 Å². The van der Waals surface area contributed by atoms with Crippen LogP contribution in [-0.4, -0.2) is 17.5 Å². The van der Waals surface area contributed by atoms with Gasteiger partial charge in [-0.3, -0.25) is 9.11 Å². The van der Waals surface area contributed by atoms with Crippen molar-refractivity contribution in [2.75, 3.05) is 11.5 Å². The van der Waals surface area contributed by atoms with Crippen LogP contribution in [0.3, 0.4) is 0 Å². The van der Waals surface area contributed by atoms with E-state index in [2.05, 4.69) is 52.0 Å². The van der Waals surface area contributed by atoms with Crippen LogP contribution in [-0.2, 0) is 23.2 Å². The second-order valence-electron chi connectivity index (χ2n) is 5.89. The molecule has 7 heteroatoms. The Bertz CT molecular complexity index is 796. The monoisotopic (exact) mass is 366 g/mol. The van der Waals surface area contributed by atoms with E-state index in [-0.39, 0.29) is 0 Å². The minimum atomic E-state index is -4.67. The zero-order chi connectivity index (χ0) is 19.4. The van der Waals surface area contributed by atoms with Gasteiger partial charge in [-0.25, -0.2) is 0 Å². The van der Waals surface area contributed by atoms with Gasteiger partial charge in [-0.1, -0.05) is 13.8 Å². The predicted molar refractivity (Wildman–Crippen MR) is 103 cm³/mol. The van der Waals surface area contributed by atoms with E-state index in [1.807, 2.05) is 0 Å². The molecule has 0 unspecified atom stereocenters. The van der Waals surface area contributed by atoms with E-state index in [1.165, 1.54) is 22.3 Å². The minimum Gasteiger partial charge on any atom is -0.398 e. The molecule has 2 aromatic carbocycles. The second kappa shape index (κ2) is 8.33. The summed E-state index contributed by atoms with van der Waals surface area (Å²) in [5, 5.41) is 0. The van der Waals surface area contributed by atoms with E-state index in [0.717, 1.165) is 35.3 Å². The number of aryl methyl sites for hydroxylation is 4. The fourth-order valence-corrected chi connectivity index (χ4v) is 2.66. The van der Waals surface area contributed by atoms with Crippen LogP contribution in [0.4, 0.5) is 11.4 Å². The molecular formula is C18H26N2O4S. The van der Waals surface area contributed by atoms with Crippen molar-refractivity contribution in [2.45, 2.75) is 40.5 Å². The highest BCUT2D eigenvalue weighted by Gasteiger charge is 2.09. The summed E-state index contributed by atoms with van der Waals surface area (Å²) in [6, 6.07) is 8.73. The van der Waals surface area contributed by atoms with Crippen LogP contribution in [0.2, 0.25) is 0 Å². The molecule has 0 aliphatic heterocycles. The van der Waals surface area contributed by atoms with Gasteiger partial charge in [0.1, 0.15) is 0 Å². The third-order valence-corrected chi connectivity index (χ3v) is 4.04. The SMILES string of the molecule is CCc1cc(-c2cc(C)c(N)c(CC)c2)cc(C)c1N.O=S(=O)(O)O. The summed E-state index contributed by atoms with van der Waals surface area (Å²) in [6.07, 6.45) is 1.91. The lowest BCUT2D eigenvalue weighted by Gasteiger charge is -2.14. The standard InChI is InChI=1S/C18H24N2.H2O4S/c1-5-13-9-15(7-11(3)17(13)19)16-8-12(4)18(20)14(6-2)10-16;1-5(2,3)4/h7-10H,5-6,19-20H2,1-4H3;(H2,1,2,3,4). The van der Waals surface area contributed by atoms with Crippen molar-refractivity contribution in [1.29, 1.82) is 0 Å². The molecule has 0 spiro atoms. The molecule has 0 radical (unpaired) electrons. The average Bonchev–Trinajstić information content (AvgIpc) is 2.50. The average molecular weight is 366 g/mol. The Hall–Kier alpha value is -2.09. The van der Waals surface area contributed by atoms with E-state index in [4.69, 9.17) is 29.0 Å². The van der Waals surface area contributed by atoms with Gasteiger partial charge in [0.05, 0.1) is 0 Å². The molecule has 0 bridgehead atoms. The Balaban J connectivity index is 0.000000550. The molecule has 0 saturated heterocycles. The first-order valence-corrected chi connectivity index (χ1v) is 9.35. The summed E-state index contributed by atoms with van der Waals surface area (Å²) in [5.74, 6) is 0. The molecule has 6 N–H and O–H groups in total. The highest BCUT2D eigenvalue weighted by molar-refractivity contribution is 7.79. The lowest BCUT2D eigenvalue weighted by atomic mass is 9.93. The number of anilines is 2. The normalized spacial score (nSPS) is 11.0. The number of rotatable bonds is 3. The summed E-state index contributed by atoms with van der Waals surface area (Å²) < 4.78 is 31.6. The maximum Gasteiger partial charge on any atom is 0.394 e. The van der Waals surface area contributed by atoms with Crippen LogP contribution in [0.5, 0.6) is 0 Å². The Labute approximate surface area is 149 Å². The Morgan fingerprint density at radius 1 is 0.800 bits per heavy atom. The summed E-state index contributed by atoms with van der Waals surface area (Å²) in [6.45, 7) is 8.42. The molecule has 2 aromatic rings. The largest absolute Gasteiger partial charge is 0.398 e. The molecule has 6 nitrogen and oxygen atoms in total. The van der Waals surface area contributed by atoms with E-state index in [0.29, 0.717) is 0 Å². The van der Waals surface area contributed by atoms with Crippen LogP contribution in [0, 0.1) is 13.8 Å². The van der Waals surface area contributed by atoms with Crippen molar-refractivity contribution in [3.05, 3.63) is 46.5 Å². The van der Waals surface area contributed by atoms with Gasteiger partial charge in [0.2, 0.25) is 0 Å². The smallest absolute Gasteiger partial charge is 0.394 e. The molecule has 0 saturated carbocycles. The second-order valence-corrected chi connectivity index (χ2v) is 6.78. The van der Waals surface area contributed by atoms with Crippen LogP contribution in [0.1, 0.15) is 36.1 Å².